The number of aryl methyl sites for hydroxylation is 1. The molecule has 2 N–H and O–H groups in total. The predicted octanol–water partition coefficient (Wildman–Crippen LogP) is 3.45. The molecule has 4 saturated carbocycles. The number of benzene rings is 1. The smallest absolute Gasteiger partial charge is 0.240 e. The van der Waals surface area contributed by atoms with Crippen LogP contribution in [0.1, 0.15) is 57.4 Å². The zero-order chi connectivity index (χ0) is 18.8. The molecule has 146 valence electrons. The average molecular weight is 389 g/mol. The molecular formula is C21H28N2O3S. The lowest BCUT2D eigenvalue weighted by Gasteiger charge is -2.59. The third kappa shape index (κ3) is 3.01. The van der Waals surface area contributed by atoms with Gasteiger partial charge in [0.25, 0.3) is 0 Å². The minimum atomic E-state index is -3.56. The van der Waals surface area contributed by atoms with E-state index in [2.05, 4.69) is 17.0 Å². The van der Waals surface area contributed by atoms with E-state index in [1.807, 2.05) is 0 Å². The quantitative estimate of drug-likeness (QED) is 0.829. The Balaban J connectivity index is 1.38. The summed E-state index contributed by atoms with van der Waals surface area (Å²) >= 11 is 0. The largest absolute Gasteiger partial charge is 0.326 e. The van der Waals surface area contributed by atoms with Gasteiger partial charge in [0.15, 0.2) is 0 Å². The van der Waals surface area contributed by atoms with Gasteiger partial charge in [-0.3, -0.25) is 4.79 Å². The summed E-state index contributed by atoms with van der Waals surface area (Å²) in [4.78, 5) is 11.8. The van der Waals surface area contributed by atoms with Crippen LogP contribution in [0.5, 0.6) is 0 Å². The maximum absolute atomic E-state index is 13.1. The topological polar surface area (TPSA) is 75.3 Å². The Hall–Kier alpha value is -1.40. The number of carbonyl (C=O) groups excluding carboxylic acids is 1. The maximum atomic E-state index is 13.1. The predicted molar refractivity (Wildman–Crippen MR) is 104 cm³/mol. The summed E-state index contributed by atoms with van der Waals surface area (Å²) in [5, 5.41) is 2.81. The van der Waals surface area contributed by atoms with Gasteiger partial charge in [0, 0.05) is 18.2 Å². The summed E-state index contributed by atoms with van der Waals surface area (Å²) in [6.07, 6.45) is 8.61. The fourth-order valence-electron chi connectivity index (χ4n) is 6.66. The Morgan fingerprint density at radius 1 is 1.07 bits per heavy atom. The van der Waals surface area contributed by atoms with E-state index < -0.39 is 10.0 Å². The molecule has 4 fully saturated rings. The first-order chi connectivity index (χ1) is 12.8. The SMILES string of the molecule is C[C@H](NS(=O)(=O)c1ccc2c(c1)CCC(=O)N2)C12CC3CC(CC(C3)C1)C2. The Kier molecular flexibility index (Phi) is 3.96. The minimum absolute atomic E-state index is 0.00771. The van der Waals surface area contributed by atoms with Gasteiger partial charge in [-0.1, -0.05) is 0 Å². The highest BCUT2D eigenvalue weighted by Gasteiger charge is 2.53. The summed E-state index contributed by atoms with van der Waals surface area (Å²) in [5.41, 5.74) is 1.78. The summed E-state index contributed by atoms with van der Waals surface area (Å²) in [6, 6.07) is 5.02. The first kappa shape index (κ1) is 17.7. The number of fused-ring (bicyclic) bond motifs is 1. The van der Waals surface area contributed by atoms with E-state index >= 15 is 0 Å². The van der Waals surface area contributed by atoms with Gasteiger partial charge in [0.2, 0.25) is 15.9 Å². The van der Waals surface area contributed by atoms with Crippen LogP contribution in [0.2, 0.25) is 0 Å². The van der Waals surface area contributed by atoms with Gasteiger partial charge in [-0.25, -0.2) is 13.1 Å². The molecule has 0 unspecified atom stereocenters. The van der Waals surface area contributed by atoms with E-state index in [0.717, 1.165) is 29.0 Å². The molecule has 4 bridgehead atoms. The van der Waals surface area contributed by atoms with Gasteiger partial charge >= 0.3 is 0 Å². The highest BCUT2D eigenvalue weighted by Crippen LogP contribution is 2.61. The van der Waals surface area contributed by atoms with E-state index in [9.17, 15) is 13.2 Å². The summed E-state index contributed by atoms with van der Waals surface area (Å²) in [5.74, 6) is 2.40. The van der Waals surface area contributed by atoms with Crippen molar-refractivity contribution < 1.29 is 13.2 Å². The maximum Gasteiger partial charge on any atom is 0.240 e. The van der Waals surface area contributed by atoms with Crippen LogP contribution in [0.3, 0.4) is 0 Å². The lowest BCUT2D eigenvalue weighted by Crippen LogP contribution is -2.55. The van der Waals surface area contributed by atoms with E-state index in [-0.39, 0.29) is 17.4 Å². The van der Waals surface area contributed by atoms with Gasteiger partial charge in [-0.2, -0.15) is 0 Å². The van der Waals surface area contributed by atoms with Crippen molar-refractivity contribution >= 4 is 21.6 Å². The van der Waals surface area contributed by atoms with Crippen molar-refractivity contribution in [3.63, 3.8) is 0 Å². The number of hydrogen-bond acceptors (Lipinski definition) is 3. The Labute approximate surface area is 161 Å². The van der Waals surface area contributed by atoms with Crippen molar-refractivity contribution in [3.05, 3.63) is 23.8 Å². The lowest BCUT2D eigenvalue weighted by atomic mass is 9.48. The number of nitrogens with one attached hydrogen (secondary N) is 2. The minimum Gasteiger partial charge on any atom is -0.326 e. The van der Waals surface area contributed by atoms with Crippen molar-refractivity contribution in [2.75, 3.05) is 5.32 Å². The highest BCUT2D eigenvalue weighted by atomic mass is 32.2. The molecule has 1 aromatic rings. The van der Waals surface area contributed by atoms with Gasteiger partial charge in [0.05, 0.1) is 4.90 Å². The Bertz CT molecular complexity index is 857. The van der Waals surface area contributed by atoms with Gasteiger partial charge < -0.3 is 5.32 Å². The first-order valence-corrected chi connectivity index (χ1v) is 11.8. The monoisotopic (exact) mass is 388 g/mol. The van der Waals surface area contributed by atoms with Crippen LogP contribution in [0.15, 0.2) is 23.1 Å². The van der Waals surface area contributed by atoms with Crippen LogP contribution in [0.25, 0.3) is 0 Å². The molecule has 1 amide bonds. The highest BCUT2D eigenvalue weighted by molar-refractivity contribution is 7.89. The van der Waals surface area contributed by atoms with Crippen molar-refractivity contribution in [1.29, 1.82) is 0 Å². The van der Waals surface area contributed by atoms with E-state index in [0.29, 0.717) is 17.7 Å². The molecule has 5 aliphatic rings. The van der Waals surface area contributed by atoms with Crippen molar-refractivity contribution in [2.45, 2.75) is 69.2 Å². The standard InChI is InChI=1S/C21H28N2O3S/c1-13(21-10-14-6-15(11-21)8-16(7-14)12-21)23-27(25,26)18-3-4-19-17(9-18)2-5-20(24)22-19/h3-4,9,13-16,23H,2,5-8,10-12H2,1H3,(H,22,24)/t13-,14?,15?,16?,21?/m0/s1. The van der Waals surface area contributed by atoms with Crippen molar-refractivity contribution in [1.82, 2.24) is 4.72 Å². The first-order valence-electron chi connectivity index (χ1n) is 10.3. The molecule has 1 atom stereocenters. The number of anilines is 1. The molecule has 27 heavy (non-hydrogen) atoms. The van der Waals surface area contributed by atoms with Gasteiger partial charge in [-0.05, 0) is 98.8 Å². The molecule has 4 aliphatic carbocycles. The summed E-state index contributed by atoms with van der Waals surface area (Å²) < 4.78 is 29.2. The van der Waals surface area contributed by atoms with Crippen LogP contribution in [0, 0.1) is 23.2 Å². The molecule has 1 heterocycles. The molecule has 0 spiro atoms. The third-order valence-electron chi connectivity index (χ3n) is 7.62. The molecule has 6 heteroatoms. The number of carbonyl (C=O) groups is 1. The Morgan fingerprint density at radius 2 is 1.70 bits per heavy atom. The number of sulfonamides is 1. The van der Waals surface area contributed by atoms with Crippen LogP contribution in [-0.2, 0) is 21.2 Å². The number of rotatable bonds is 4. The van der Waals surface area contributed by atoms with Crippen molar-refractivity contribution in [2.24, 2.45) is 23.2 Å². The molecule has 0 aromatic heterocycles. The lowest BCUT2D eigenvalue weighted by molar-refractivity contribution is -0.116. The third-order valence-corrected chi connectivity index (χ3v) is 9.16. The van der Waals surface area contributed by atoms with Gasteiger partial charge in [-0.15, -0.1) is 0 Å². The molecule has 0 radical (unpaired) electrons. The van der Waals surface area contributed by atoms with Crippen LogP contribution >= 0.6 is 0 Å². The molecule has 0 saturated heterocycles. The zero-order valence-electron chi connectivity index (χ0n) is 15.8. The van der Waals surface area contributed by atoms with E-state index in [1.165, 1.54) is 38.5 Å². The fraction of sp³-hybridized carbons (Fsp3) is 0.667. The average Bonchev–Trinajstić information content (AvgIpc) is 2.59. The Morgan fingerprint density at radius 3 is 2.33 bits per heavy atom. The second kappa shape index (κ2) is 6.05. The van der Waals surface area contributed by atoms with Crippen LogP contribution in [0.4, 0.5) is 5.69 Å². The number of hydrogen-bond donors (Lipinski definition) is 2. The van der Waals surface area contributed by atoms with Crippen LogP contribution < -0.4 is 10.0 Å². The van der Waals surface area contributed by atoms with Gasteiger partial charge in [0.1, 0.15) is 0 Å². The second-order valence-corrected chi connectivity index (χ2v) is 11.2. The zero-order valence-corrected chi connectivity index (χ0v) is 16.6. The molecule has 6 rings (SSSR count). The summed E-state index contributed by atoms with van der Waals surface area (Å²) in [6.45, 7) is 2.07. The molecule has 1 aromatic carbocycles. The van der Waals surface area contributed by atoms with E-state index in [4.69, 9.17) is 0 Å². The van der Waals surface area contributed by atoms with Crippen molar-refractivity contribution in [3.8, 4) is 0 Å². The molecular weight excluding hydrogens is 360 g/mol. The molecule has 5 nitrogen and oxygen atoms in total. The summed E-state index contributed by atoms with van der Waals surface area (Å²) in [7, 11) is -3.56. The molecule has 1 aliphatic heterocycles. The number of amides is 1. The van der Waals surface area contributed by atoms with E-state index in [1.54, 1.807) is 18.2 Å². The second-order valence-electron chi connectivity index (χ2n) is 9.49. The van der Waals surface area contributed by atoms with Crippen LogP contribution in [-0.4, -0.2) is 20.4 Å². The normalized spacial score (nSPS) is 35.6. The fourth-order valence-corrected chi connectivity index (χ4v) is 8.06.